The number of thioether (sulfide) groups is 1. The summed E-state index contributed by atoms with van der Waals surface area (Å²) in [6.45, 7) is 1.05. The van der Waals surface area contributed by atoms with Crippen LogP contribution in [0.3, 0.4) is 0 Å². The van der Waals surface area contributed by atoms with Gasteiger partial charge in [0, 0.05) is 18.2 Å². The van der Waals surface area contributed by atoms with Crippen LogP contribution in [0.25, 0.3) is 0 Å². The third kappa shape index (κ3) is 2.57. The zero-order valence-electron chi connectivity index (χ0n) is 11.9. The van der Waals surface area contributed by atoms with Gasteiger partial charge in [-0.1, -0.05) is 18.2 Å². The number of aromatic nitrogens is 3. The zero-order valence-corrected chi connectivity index (χ0v) is 12.7. The number of rotatable bonds is 3. The van der Waals surface area contributed by atoms with Gasteiger partial charge in [0.15, 0.2) is 5.16 Å². The Morgan fingerprint density at radius 1 is 1.40 bits per heavy atom. The molecule has 3 rings (SSSR count). The average molecular weight is 291 g/mol. The maximum atomic E-state index is 9.33. The van der Waals surface area contributed by atoms with Crippen molar-refractivity contribution in [3.8, 4) is 6.07 Å². The first-order valence-corrected chi connectivity index (χ1v) is 8.33. The minimum absolute atomic E-state index is 0.334. The van der Waals surface area contributed by atoms with Crippen molar-refractivity contribution in [1.82, 2.24) is 20.1 Å². The first-order valence-electron chi connectivity index (χ1n) is 7.45. The van der Waals surface area contributed by atoms with Crippen molar-refractivity contribution in [3.63, 3.8) is 0 Å². The molecule has 0 spiro atoms. The zero-order chi connectivity index (χ0) is 14.0. The molecule has 0 amide bonds. The Morgan fingerprint density at radius 3 is 3.05 bits per heavy atom. The summed E-state index contributed by atoms with van der Waals surface area (Å²) in [6, 6.07) is 2.44. The molecule has 2 atom stereocenters. The van der Waals surface area contributed by atoms with Gasteiger partial charge in [0.05, 0.1) is 6.07 Å². The summed E-state index contributed by atoms with van der Waals surface area (Å²) >= 11 is 1.81. The van der Waals surface area contributed by atoms with Gasteiger partial charge in [-0.15, -0.1) is 10.2 Å². The summed E-state index contributed by atoms with van der Waals surface area (Å²) in [6.07, 6.45) is 7.68. The second-order valence-corrected chi connectivity index (χ2v) is 7.06. The van der Waals surface area contributed by atoms with Gasteiger partial charge in [-0.25, -0.2) is 0 Å². The molecule has 6 heteroatoms. The molecule has 108 valence electrons. The van der Waals surface area contributed by atoms with Crippen molar-refractivity contribution in [2.24, 2.45) is 0 Å². The van der Waals surface area contributed by atoms with E-state index in [-0.39, 0.29) is 5.54 Å². The fourth-order valence-corrected chi connectivity index (χ4v) is 4.49. The lowest BCUT2D eigenvalue weighted by molar-refractivity contribution is 0.464. The monoisotopic (exact) mass is 291 g/mol. The van der Waals surface area contributed by atoms with Crippen LogP contribution in [0.4, 0.5) is 0 Å². The van der Waals surface area contributed by atoms with Gasteiger partial charge >= 0.3 is 0 Å². The van der Waals surface area contributed by atoms with E-state index in [1.807, 2.05) is 18.8 Å². The third-order valence-electron chi connectivity index (χ3n) is 4.51. The highest BCUT2D eigenvalue weighted by Crippen LogP contribution is 2.39. The number of nitriles is 1. The van der Waals surface area contributed by atoms with Crippen LogP contribution in [0.2, 0.25) is 0 Å². The molecule has 2 unspecified atom stereocenters. The molecule has 0 bridgehead atoms. The summed E-state index contributed by atoms with van der Waals surface area (Å²) in [5.41, 5.74) is -0.334. The molecule has 2 aliphatic rings. The SMILES string of the molecule is CNC1(C#N)CCC(Sc2nnc3n2CCCCC3)C1. The van der Waals surface area contributed by atoms with Crippen LogP contribution < -0.4 is 5.32 Å². The van der Waals surface area contributed by atoms with E-state index in [1.165, 1.54) is 19.3 Å². The highest BCUT2D eigenvalue weighted by Gasteiger charge is 2.39. The fourth-order valence-electron chi connectivity index (χ4n) is 3.18. The molecular formula is C14H21N5S. The van der Waals surface area contributed by atoms with E-state index in [4.69, 9.17) is 0 Å². The summed E-state index contributed by atoms with van der Waals surface area (Å²) in [7, 11) is 1.89. The van der Waals surface area contributed by atoms with Gasteiger partial charge in [-0.3, -0.25) is 0 Å². The highest BCUT2D eigenvalue weighted by molar-refractivity contribution is 7.99. The lowest BCUT2D eigenvalue weighted by Gasteiger charge is -2.19. The Kier molecular flexibility index (Phi) is 3.99. The molecule has 1 aromatic rings. The largest absolute Gasteiger partial charge is 0.306 e. The van der Waals surface area contributed by atoms with Gasteiger partial charge in [-0.05, 0) is 39.2 Å². The van der Waals surface area contributed by atoms with E-state index in [2.05, 4.69) is 26.2 Å². The van der Waals surface area contributed by atoms with Gasteiger partial charge in [-0.2, -0.15) is 5.26 Å². The van der Waals surface area contributed by atoms with Gasteiger partial charge in [0.2, 0.25) is 0 Å². The van der Waals surface area contributed by atoms with E-state index in [1.54, 1.807) is 0 Å². The Hall–Kier alpha value is -1.06. The van der Waals surface area contributed by atoms with E-state index >= 15 is 0 Å². The van der Waals surface area contributed by atoms with Crippen LogP contribution in [0.5, 0.6) is 0 Å². The smallest absolute Gasteiger partial charge is 0.191 e. The van der Waals surface area contributed by atoms with Gasteiger partial charge < -0.3 is 9.88 Å². The van der Waals surface area contributed by atoms with Crippen LogP contribution in [0, 0.1) is 11.3 Å². The van der Waals surface area contributed by atoms with Crippen molar-refractivity contribution in [2.75, 3.05) is 7.05 Å². The Bertz CT molecular complexity index is 520. The molecule has 0 saturated heterocycles. The number of nitrogens with zero attached hydrogens (tertiary/aromatic N) is 4. The van der Waals surface area contributed by atoms with Crippen LogP contribution in [-0.4, -0.2) is 32.6 Å². The maximum absolute atomic E-state index is 9.33. The molecule has 0 aromatic carbocycles. The van der Waals surface area contributed by atoms with Crippen LogP contribution in [0.1, 0.15) is 44.3 Å². The molecule has 1 aliphatic carbocycles. The molecule has 2 heterocycles. The summed E-state index contributed by atoms with van der Waals surface area (Å²) in [5, 5.41) is 22.8. The highest BCUT2D eigenvalue weighted by atomic mass is 32.2. The molecule has 1 saturated carbocycles. The van der Waals surface area contributed by atoms with E-state index < -0.39 is 0 Å². The van der Waals surface area contributed by atoms with Gasteiger partial charge in [0.25, 0.3) is 0 Å². The second kappa shape index (κ2) is 5.74. The summed E-state index contributed by atoms with van der Waals surface area (Å²) in [5.74, 6) is 1.14. The molecule has 1 aliphatic heterocycles. The Balaban J connectivity index is 1.71. The first-order chi connectivity index (χ1) is 9.76. The van der Waals surface area contributed by atoms with Crippen molar-refractivity contribution in [3.05, 3.63) is 5.82 Å². The van der Waals surface area contributed by atoms with Crippen LogP contribution in [0.15, 0.2) is 5.16 Å². The van der Waals surface area contributed by atoms with Crippen molar-refractivity contribution in [1.29, 1.82) is 5.26 Å². The maximum Gasteiger partial charge on any atom is 0.191 e. The molecule has 5 nitrogen and oxygen atoms in total. The lowest BCUT2D eigenvalue weighted by atomic mass is 10.0. The van der Waals surface area contributed by atoms with E-state index in [0.29, 0.717) is 5.25 Å². The van der Waals surface area contributed by atoms with Crippen LogP contribution >= 0.6 is 11.8 Å². The predicted molar refractivity (Wildman–Crippen MR) is 78.5 cm³/mol. The number of fused-ring (bicyclic) bond motifs is 1. The number of aryl methyl sites for hydroxylation is 1. The topological polar surface area (TPSA) is 66.5 Å². The minimum atomic E-state index is -0.334. The number of hydrogen-bond acceptors (Lipinski definition) is 5. The van der Waals surface area contributed by atoms with Gasteiger partial charge in [0.1, 0.15) is 11.4 Å². The molecule has 20 heavy (non-hydrogen) atoms. The fraction of sp³-hybridized carbons (Fsp3) is 0.786. The Labute approximate surface area is 124 Å². The third-order valence-corrected chi connectivity index (χ3v) is 5.76. The van der Waals surface area contributed by atoms with Crippen molar-refractivity contribution < 1.29 is 0 Å². The van der Waals surface area contributed by atoms with Crippen molar-refractivity contribution >= 4 is 11.8 Å². The molecule has 1 N–H and O–H groups in total. The van der Waals surface area contributed by atoms with Crippen molar-refractivity contribution in [2.45, 2.75) is 67.4 Å². The Morgan fingerprint density at radius 2 is 2.30 bits per heavy atom. The summed E-state index contributed by atoms with van der Waals surface area (Å²) in [4.78, 5) is 0. The number of nitrogens with one attached hydrogen (secondary N) is 1. The molecule has 1 fully saturated rings. The molecule has 1 aromatic heterocycles. The average Bonchev–Trinajstić information content (AvgIpc) is 2.97. The predicted octanol–water partition coefficient (Wildman–Crippen LogP) is 2.13. The summed E-state index contributed by atoms with van der Waals surface area (Å²) < 4.78 is 2.30. The van der Waals surface area contributed by atoms with E-state index in [9.17, 15) is 5.26 Å². The lowest BCUT2D eigenvalue weighted by Crippen LogP contribution is -2.38. The van der Waals surface area contributed by atoms with E-state index in [0.717, 1.165) is 43.2 Å². The molecule has 0 radical (unpaired) electrons. The van der Waals surface area contributed by atoms with Crippen LogP contribution in [-0.2, 0) is 13.0 Å². The molecular weight excluding hydrogens is 270 g/mol. The second-order valence-electron chi connectivity index (χ2n) is 5.79. The first kappa shape index (κ1) is 13.9. The quantitative estimate of drug-likeness (QED) is 0.924. The minimum Gasteiger partial charge on any atom is -0.306 e. The standard InChI is InChI=1S/C14H21N5S/c1-16-14(10-15)7-6-11(9-14)20-13-18-17-12-5-3-2-4-8-19(12)13/h11,16H,2-9H2,1H3. The number of hydrogen-bond donors (Lipinski definition) is 1. The normalized spacial score (nSPS) is 29.7.